The molecule has 0 spiro atoms. The minimum atomic E-state index is 0.00938. The maximum atomic E-state index is 5.60. The van der Waals surface area contributed by atoms with Crippen LogP contribution in [0.1, 0.15) is 19.3 Å². The molecule has 1 fully saturated rings. The van der Waals surface area contributed by atoms with E-state index < -0.39 is 0 Å². The van der Waals surface area contributed by atoms with Crippen LogP contribution < -0.4 is 0 Å². The molecule has 0 aromatic heterocycles. The third kappa shape index (κ3) is 4.94. The lowest BCUT2D eigenvalue weighted by Crippen LogP contribution is -2.22. The van der Waals surface area contributed by atoms with Crippen molar-refractivity contribution in [2.75, 3.05) is 13.2 Å². The highest BCUT2D eigenvalue weighted by molar-refractivity contribution is 8.02. The van der Waals surface area contributed by atoms with Crippen molar-refractivity contribution in [3.63, 3.8) is 0 Å². The largest absolute Gasteiger partial charge is 0.353 e. The number of benzene rings is 1. The van der Waals surface area contributed by atoms with Gasteiger partial charge in [-0.3, -0.25) is 0 Å². The summed E-state index contributed by atoms with van der Waals surface area (Å²) in [6.45, 7) is 1.47. The molecular formula is C14H18O2S. The Hall–Kier alpha value is -0.770. The molecular weight excluding hydrogens is 232 g/mol. The Balaban J connectivity index is 1.61. The van der Waals surface area contributed by atoms with Crippen LogP contribution >= 0.6 is 11.8 Å². The molecule has 1 unspecified atom stereocenters. The SMILES string of the molecule is C(=C\Sc1ccccc1)/COC1CCCCO1. The lowest BCUT2D eigenvalue weighted by molar-refractivity contribution is -0.155. The maximum Gasteiger partial charge on any atom is 0.157 e. The number of hydrogen-bond donors (Lipinski definition) is 0. The standard InChI is InChI=1S/C14H18O2S/c1-2-7-13(8-3-1)17-12-6-11-16-14-9-4-5-10-15-14/h1-3,6-8,12,14H,4-5,9-11H2/b12-6+. The average Bonchev–Trinajstić information content (AvgIpc) is 2.41. The summed E-state index contributed by atoms with van der Waals surface area (Å²) in [5, 5.41) is 2.07. The average molecular weight is 250 g/mol. The van der Waals surface area contributed by atoms with Gasteiger partial charge < -0.3 is 9.47 Å². The summed E-state index contributed by atoms with van der Waals surface area (Å²) in [4.78, 5) is 1.25. The van der Waals surface area contributed by atoms with Gasteiger partial charge in [-0.15, -0.1) is 0 Å². The zero-order valence-corrected chi connectivity index (χ0v) is 10.7. The Kier molecular flexibility index (Phi) is 5.62. The first-order valence-electron chi connectivity index (χ1n) is 6.05. The van der Waals surface area contributed by atoms with E-state index in [1.54, 1.807) is 11.8 Å². The van der Waals surface area contributed by atoms with Crippen LogP contribution in [0.2, 0.25) is 0 Å². The van der Waals surface area contributed by atoms with Crippen LogP contribution in [0.5, 0.6) is 0 Å². The molecule has 17 heavy (non-hydrogen) atoms. The van der Waals surface area contributed by atoms with Crippen molar-refractivity contribution >= 4 is 11.8 Å². The fourth-order valence-electron chi connectivity index (χ4n) is 1.67. The maximum absolute atomic E-state index is 5.60. The molecule has 1 aromatic rings. The van der Waals surface area contributed by atoms with Crippen molar-refractivity contribution in [3.05, 3.63) is 41.8 Å². The first-order valence-corrected chi connectivity index (χ1v) is 6.93. The molecule has 1 aliphatic heterocycles. The molecule has 1 saturated heterocycles. The zero-order valence-electron chi connectivity index (χ0n) is 9.88. The third-order valence-corrected chi connectivity index (χ3v) is 3.43. The van der Waals surface area contributed by atoms with Gasteiger partial charge in [-0.1, -0.05) is 36.0 Å². The van der Waals surface area contributed by atoms with E-state index in [9.17, 15) is 0 Å². The Morgan fingerprint density at radius 3 is 2.94 bits per heavy atom. The van der Waals surface area contributed by atoms with Gasteiger partial charge in [0.15, 0.2) is 6.29 Å². The van der Waals surface area contributed by atoms with Gasteiger partial charge in [0.1, 0.15) is 0 Å². The van der Waals surface area contributed by atoms with E-state index in [0.717, 1.165) is 13.0 Å². The van der Waals surface area contributed by atoms with Crippen LogP contribution in [0.25, 0.3) is 0 Å². The molecule has 92 valence electrons. The summed E-state index contributed by atoms with van der Waals surface area (Å²) >= 11 is 1.71. The zero-order chi connectivity index (χ0) is 11.8. The van der Waals surface area contributed by atoms with Gasteiger partial charge in [-0.2, -0.15) is 0 Å². The van der Waals surface area contributed by atoms with Crippen LogP contribution in [-0.4, -0.2) is 19.5 Å². The van der Waals surface area contributed by atoms with Crippen molar-refractivity contribution < 1.29 is 9.47 Å². The summed E-state index contributed by atoms with van der Waals surface area (Å²) in [5.41, 5.74) is 0. The number of rotatable bonds is 5. The van der Waals surface area contributed by atoms with E-state index >= 15 is 0 Å². The summed E-state index contributed by atoms with van der Waals surface area (Å²) in [6, 6.07) is 10.3. The van der Waals surface area contributed by atoms with E-state index in [4.69, 9.17) is 9.47 Å². The molecule has 0 bridgehead atoms. The monoisotopic (exact) mass is 250 g/mol. The van der Waals surface area contributed by atoms with Crippen LogP contribution in [0.4, 0.5) is 0 Å². The van der Waals surface area contributed by atoms with Gasteiger partial charge >= 0.3 is 0 Å². The lowest BCUT2D eigenvalue weighted by Gasteiger charge is -2.21. The molecule has 1 aromatic carbocycles. The highest BCUT2D eigenvalue weighted by Crippen LogP contribution is 2.18. The predicted molar refractivity (Wildman–Crippen MR) is 71.0 cm³/mol. The van der Waals surface area contributed by atoms with Crippen molar-refractivity contribution in [1.82, 2.24) is 0 Å². The van der Waals surface area contributed by atoms with E-state index in [1.807, 2.05) is 24.3 Å². The molecule has 0 radical (unpaired) electrons. The normalized spacial score (nSPS) is 20.8. The molecule has 0 N–H and O–H groups in total. The summed E-state index contributed by atoms with van der Waals surface area (Å²) < 4.78 is 11.1. The van der Waals surface area contributed by atoms with Gasteiger partial charge in [0.05, 0.1) is 6.61 Å². The van der Waals surface area contributed by atoms with Crippen molar-refractivity contribution in [1.29, 1.82) is 0 Å². The topological polar surface area (TPSA) is 18.5 Å². The predicted octanol–water partition coefficient (Wildman–Crippen LogP) is 3.84. The molecule has 0 amide bonds. The van der Waals surface area contributed by atoms with E-state index in [1.165, 1.54) is 17.7 Å². The fourth-order valence-corrected chi connectivity index (χ4v) is 2.32. The van der Waals surface area contributed by atoms with Gasteiger partial charge in [-0.25, -0.2) is 0 Å². The summed E-state index contributed by atoms with van der Waals surface area (Å²) in [6.07, 6.45) is 5.46. The van der Waals surface area contributed by atoms with E-state index in [0.29, 0.717) is 6.61 Å². The molecule has 1 aliphatic rings. The van der Waals surface area contributed by atoms with E-state index in [2.05, 4.69) is 17.5 Å². The van der Waals surface area contributed by atoms with Crippen molar-refractivity contribution in [2.24, 2.45) is 0 Å². The first kappa shape index (κ1) is 12.7. The lowest BCUT2D eigenvalue weighted by atomic mass is 10.2. The van der Waals surface area contributed by atoms with Gasteiger partial charge in [0.2, 0.25) is 0 Å². The Labute approximate surface area is 107 Å². The van der Waals surface area contributed by atoms with Crippen LogP contribution in [0, 0.1) is 0 Å². The molecule has 0 aliphatic carbocycles. The second-order valence-corrected chi connectivity index (χ2v) is 4.91. The van der Waals surface area contributed by atoms with Crippen LogP contribution in [-0.2, 0) is 9.47 Å². The minimum absolute atomic E-state index is 0.00938. The molecule has 3 heteroatoms. The Morgan fingerprint density at radius 2 is 2.18 bits per heavy atom. The number of thioether (sulfide) groups is 1. The highest BCUT2D eigenvalue weighted by atomic mass is 32.2. The van der Waals surface area contributed by atoms with Gasteiger partial charge in [0, 0.05) is 11.5 Å². The summed E-state index contributed by atoms with van der Waals surface area (Å²) in [5.74, 6) is 0. The number of ether oxygens (including phenoxy) is 2. The first-order chi connectivity index (χ1) is 8.45. The van der Waals surface area contributed by atoms with Crippen molar-refractivity contribution in [2.45, 2.75) is 30.4 Å². The van der Waals surface area contributed by atoms with Crippen LogP contribution in [0.3, 0.4) is 0 Å². The third-order valence-electron chi connectivity index (χ3n) is 2.56. The Morgan fingerprint density at radius 1 is 1.29 bits per heavy atom. The fraction of sp³-hybridized carbons (Fsp3) is 0.429. The molecule has 2 rings (SSSR count). The van der Waals surface area contributed by atoms with Gasteiger partial charge in [0.25, 0.3) is 0 Å². The second kappa shape index (κ2) is 7.54. The second-order valence-electron chi connectivity index (χ2n) is 3.93. The molecule has 2 nitrogen and oxygen atoms in total. The van der Waals surface area contributed by atoms with Crippen molar-refractivity contribution in [3.8, 4) is 0 Å². The van der Waals surface area contributed by atoms with E-state index in [-0.39, 0.29) is 6.29 Å². The molecule has 1 heterocycles. The molecule has 1 atom stereocenters. The quantitative estimate of drug-likeness (QED) is 0.740. The van der Waals surface area contributed by atoms with Gasteiger partial charge in [-0.05, 0) is 36.8 Å². The number of hydrogen-bond acceptors (Lipinski definition) is 3. The summed E-state index contributed by atoms with van der Waals surface area (Å²) in [7, 11) is 0. The minimum Gasteiger partial charge on any atom is -0.353 e. The Bertz CT molecular complexity index is 331. The highest BCUT2D eigenvalue weighted by Gasteiger charge is 2.12. The smallest absolute Gasteiger partial charge is 0.157 e. The van der Waals surface area contributed by atoms with Crippen LogP contribution in [0.15, 0.2) is 46.7 Å². The molecule has 0 saturated carbocycles.